The van der Waals surface area contributed by atoms with Crippen molar-refractivity contribution in [3.05, 3.63) is 69.9 Å². The number of hydrogen-bond donors (Lipinski definition) is 0. The van der Waals surface area contributed by atoms with Gasteiger partial charge in [-0.15, -0.1) is 4.57 Å². The normalized spacial score (nSPS) is 11.2. The monoisotopic (exact) mass is 336 g/mol. The molecule has 0 bridgehead atoms. The average Bonchev–Trinajstić information content (AvgIpc) is 2.88. The Bertz CT molecular complexity index is 847. The summed E-state index contributed by atoms with van der Waals surface area (Å²) in [5.41, 5.74) is 4.83. The first kappa shape index (κ1) is 16.4. The molecule has 0 atom stereocenters. The second kappa shape index (κ2) is 6.97. The molecule has 3 aromatic rings. The number of hydrogen-bond acceptors (Lipinski definition) is 3. The van der Waals surface area contributed by atoms with Crippen LogP contribution in [0.5, 0.6) is 0 Å². The van der Waals surface area contributed by atoms with Gasteiger partial charge in [0.15, 0.2) is 5.69 Å². The van der Waals surface area contributed by atoms with E-state index in [0.29, 0.717) is 0 Å². The van der Waals surface area contributed by atoms with Crippen molar-refractivity contribution in [1.29, 1.82) is 0 Å². The molecule has 3 nitrogen and oxygen atoms in total. The summed E-state index contributed by atoms with van der Waals surface area (Å²) in [7, 11) is 4.11. The van der Waals surface area contributed by atoms with Gasteiger partial charge in [-0.3, -0.25) is 4.98 Å². The minimum absolute atomic E-state index is 1.15. The van der Waals surface area contributed by atoms with E-state index in [1.165, 1.54) is 26.8 Å². The maximum atomic E-state index is 4.12. The summed E-state index contributed by atoms with van der Waals surface area (Å²) < 4.78 is 2.28. The van der Waals surface area contributed by atoms with Crippen molar-refractivity contribution in [1.82, 2.24) is 4.98 Å². The Morgan fingerprint density at radius 2 is 1.62 bits per heavy atom. The molecule has 0 aliphatic carbocycles. The Morgan fingerprint density at radius 1 is 0.958 bits per heavy atom. The molecule has 0 fully saturated rings. The second-order valence-electron chi connectivity index (χ2n) is 5.94. The fourth-order valence-electron chi connectivity index (χ4n) is 2.57. The van der Waals surface area contributed by atoms with E-state index in [1.807, 2.05) is 35.9 Å². The van der Waals surface area contributed by atoms with E-state index < -0.39 is 0 Å². The number of aromatic nitrogens is 2. The maximum absolute atomic E-state index is 4.12. The number of thiazole rings is 1. The zero-order valence-corrected chi connectivity index (χ0v) is 15.3. The van der Waals surface area contributed by atoms with Gasteiger partial charge in [0.2, 0.25) is 5.69 Å². The van der Waals surface area contributed by atoms with Gasteiger partial charge in [-0.25, -0.2) is 0 Å². The quantitative estimate of drug-likeness (QED) is 0.663. The highest BCUT2D eigenvalue weighted by molar-refractivity contribution is 7.12. The first-order valence-electron chi connectivity index (χ1n) is 7.94. The molecule has 2 heterocycles. The van der Waals surface area contributed by atoms with Crippen LogP contribution in [0.25, 0.3) is 17.8 Å². The summed E-state index contributed by atoms with van der Waals surface area (Å²) in [4.78, 5) is 7.56. The van der Waals surface area contributed by atoms with Gasteiger partial charge < -0.3 is 4.90 Å². The number of aryl methyl sites for hydroxylation is 1. The van der Waals surface area contributed by atoms with E-state index >= 15 is 0 Å². The van der Waals surface area contributed by atoms with Crippen LogP contribution in [0, 0.1) is 13.8 Å². The molecule has 0 amide bonds. The van der Waals surface area contributed by atoms with Gasteiger partial charge in [-0.1, -0.05) is 23.5 Å². The van der Waals surface area contributed by atoms with Crippen molar-refractivity contribution in [2.45, 2.75) is 13.8 Å². The lowest BCUT2D eigenvalue weighted by molar-refractivity contribution is -0.599. The summed E-state index contributed by atoms with van der Waals surface area (Å²) in [6.07, 6.45) is 8.03. The van der Waals surface area contributed by atoms with Crippen LogP contribution in [0.1, 0.15) is 21.1 Å². The highest BCUT2D eigenvalue weighted by atomic mass is 32.1. The lowest BCUT2D eigenvalue weighted by atomic mass is 10.2. The number of pyridine rings is 1. The van der Waals surface area contributed by atoms with Crippen LogP contribution in [0.4, 0.5) is 5.69 Å². The van der Waals surface area contributed by atoms with Crippen molar-refractivity contribution in [2.75, 3.05) is 19.0 Å². The van der Waals surface area contributed by atoms with Crippen LogP contribution >= 0.6 is 11.3 Å². The molecule has 0 N–H and O–H groups in total. The number of rotatable bonds is 4. The van der Waals surface area contributed by atoms with E-state index in [2.05, 4.69) is 78.8 Å². The fraction of sp³-hybridized carbons (Fsp3) is 0.200. The molecule has 0 spiro atoms. The third-order valence-corrected chi connectivity index (χ3v) is 5.20. The van der Waals surface area contributed by atoms with Gasteiger partial charge in [0.1, 0.15) is 0 Å². The van der Waals surface area contributed by atoms with E-state index in [1.54, 1.807) is 0 Å². The van der Waals surface area contributed by atoms with Crippen LogP contribution in [-0.4, -0.2) is 19.1 Å². The molecular formula is C20H22N3S+. The molecule has 3 rings (SSSR count). The van der Waals surface area contributed by atoms with Crippen LogP contribution < -0.4 is 9.47 Å². The summed E-state index contributed by atoms with van der Waals surface area (Å²) in [5, 5.41) is 1.22. The Morgan fingerprint density at radius 3 is 2.25 bits per heavy atom. The maximum Gasteiger partial charge on any atom is 0.268 e. The molecule has 0 saturated heterocycles. The molecule has 0 radical (unpaired) electrons. The Balaban J connectivity index is 1.94. The Labute approximate surface area is 147 Å². The summed E-state index contributed by atoms with van der Waals surface area (Å²) in [6.45, 7) is 4.33. The van der Waals surface area contributed by atoms with Crippen LogP contribution in [0.3, 0.4) is 0 Å². The standard InChI is InChI=1S/C20H22N3S/c1-15-16(2)24-20(23(15)19-11-13-21-14-12-19)10-7-17-5-8-18(9-6-17)22(3)4/h5-14H,1-4H3/q+1. The highest BCUT2D eigenvalue weighted by Crippen LogP contribution is 2.20. The second-order valence-corrected chi connectivity index (χ2v) is 7.18. The summed E-state index contributed by atoms with van der Waals surface area (Å²) in [5.74, 6) is 0. The molecule has 0 saturated carbocycles. The minimum atomic E-state index is 1.15. The van der Waals surface area contributed by atoms with E-state index in [-0.39, 0.29) is 0 Å². The van der Waals surface area contributed by atoms with Crippen molar-refractivity contribution < 1.29 is 4.57 Å². The van der Waals surface area contributed by atoms with Gasteiger partial charge in [0.25, 0.3) is 5.01 Å². The summed E-state index contributed by atoms with van der Waals surface area (Å²) in [6, 6.07) is 12.7. The molecule has 0 aliphatic heterocycles. The van der Waals surface area contributed by atoms with Crippen molar-refractivity contribution in [3.63, 3.8) is 0 Å². The Kier molecular flexibility index (Phi) is 4.76. The predicted octanol–water partition coefficient (Wildman–Crippen LogP) is 4.27. The van der Waals surface area contributed by atoms with E-state index in [4.69, 9.17) is 0 Å². The van der Waals surface area contributed by atoms with Crippen LogP contribution in [-0.2, 0) is 0 Å². The largest absolute Gasteiger partial charge is 0.378 e. The fourth-order valence-corrected chi connectivity index (χ4v) is 3.60. The number of anilines is 1. The smallest absolute Gasteiger partial charge is 0.268 e. The van der Waals surface area contributed by atoms with E-state index in [9.17, 15) is 0 Å². The van der Waals surface area contributed by atoms with Crippen LogP contribution in [0.15, 0.2) is 48.8 Å². The molecule has 2 aromatic heterocycles. The topological polar surface area (TPSA) is 20.0 Å². The summed E-state index contributed by atoms with van der Waals surface area (Å²) >= 11 is 1.81. The minimum Gasteiger partial charge on any atom is -0.378 e. The molecule has 4 heteroatoms. The molecule has 1 aromatic carbocycles. The van der Waals surface area contributed by atoms with Crippen molar-refractivity contribution >= 4 is 29.2 Å². The molecule has 122 valence electrons. The zero-order chi connectivity index (χ0) is 17.1. The molecule has 0 aliphatic rings. The molecule has 0 unspecified atom stereocenters. The highest BCUT2D eigenvalue weighted by Gasteiger charge is 2.21. The molecular weight excluding hydrogens is 314 g/mol. The first-order valence-corrected chi connectivity index (χ1v) is 8.76. The first-order chi connectivity index (χ1) is 11.6. The van der Waals surface area contributed by atoms with Gasteiger partial charge in [0.05, 0.1) is 4.88 Å². The van der Waals surface area contributed by atoms with Gasteiger partial charge in [0, 0.05) is 57.3 Å². The SMILES string of the molecule is Cc1sc(C=Cc2ccc(N(C)C)cc2)[n+](-c2ccncc2)c1C. The molecule has 24 heavy (non-hydrogen) atoms. The zero-order valence-electron chi connectivity index (χ0n) is 14.5. The lowest BCUT2D eigenvalue weighted by Gasteiger charge is -2.11. The third kappa shape index (κ3) is 3.39. The van der Waals surface area contributed by atoms with Crippen molar-refractivity contribution in [3.8, 4) is 5.69 Å². The van der Waals surface area contributed by atoms with E-state index in [0.717, 1.165) is 5.69 Å². The van der Waals surface area contributed by atoms with Gasteiger partial charge in [-0.05, 0) is 30.7 Å². The number of nitrogens with zero attached hydrogens (tertiary/aromatic N) is 3. The van der Waals surface area contributed by atoms with Crippen molar-refractivity contribution in [2.24, 2.45) is 0 Å². The Hall–Kier alpha value is -2.46. The van der Waals surface area contributed by atoms with Crippen LogP contribution in [0.2, 0.25) is 0 Å². The average molecular weight is 336 g/mol. The lowest BCUT2D eigenvalue weighted by Crippen LogP contribution is -2.34. The third-order valence-electron chi connectivity index (χ3n) is 4.07. The number of benzene rings is 1. The van der Waals surface area contributed by atoms with Gasteiger partial charge >= 0.3 is 0 Å². The predicted molar refractivity (Wildman–Crippen MR) is 103 cm³/mol. The van der Waals surface area contributed by atoms with Gasteiger partial charge in [-0.2, -0.15) is 0 Å².